The summed E-state index contributed by atoms with van der Waals surface area (Å²) in [5, 5.41) is 14.8. The molecule has 0 radical (unpaired) electrons. The van der Waals surface area contributed by atoms with E-state index in [2.05, 4.69) is 15.3 Å². The number of nitrogens with zero attached hydrogens (tertiary/aromatic N) is 3. The minimum atomic E-state index is -0.816. The molecule has 1 fully saturated rings. The van der Waals surface area contributed by atoms with Gasteiger partial charge in [-0.05, 0) is 18.4 Å². The lowest BCUT2D eigenvalue weighted by Gasteiger charge is -2.09. The number of hydrogen-bond donors (Lipinski definition) is 2. The molecule has 6 heteroatoms. The van der Waals surface area contributed by atoms with Crippen molar-refractivity contribution >= 4 is 5.97 Å². The Bertz CT molecular complexity index is 230. The molecule has 1 rings (SSSR count). The van der Waals surface area contributed by atoms with Crippen LogP contribution in [0.25, 0.3) is 10.4 Å². The van der Waals surface area contributed by atoms with Crippen molar-refractivity contribution in [1.82, 2.24) is 5.32 Å². The quantitative estimate of drug-likeness (QED) is 0.272. The number of nitrogens with one attached hydrogen (secondary N) is 1. The first-order valence-corrected chi connectivity index (χ1v) is 3.70. The third-order valence-electron chi connectivity index (χ3n) is 1.90. The molecule has 0 aromatic heterocycles. The van der Waals surface area contributed by atoms with Crippen LogP contribution in [-0.2, 0) is 4.79 Å². The van der Waals surface area contributed by atoms with Gasteiger partial charge in [0.1, 0.15) is 5.54 Å². The molecule has 1 aliphatic carbocycles. The van der Waals surface area contributed by atoms with Crippen LogP contribution in [0.2, 0.25) is 0 Å². The minimum Gasteiger partial charge on any atom is -0.480 e. The van der Waals surface area contributed by atoms with Gasteiger partial charge in [0.2, 0.25) is 0 Å². The van der Waals surface area contributed by atoms with Crippen LogP contribution in [0, 0.1) is 0 Å². The van der Waals surface area contributed by atoms with Crippen LogP contribution in [0.5, 0.6) is 0 Å². The molecule has 1 saturated carbocycles. The minimum absolute atomic E-state index is 0.297. The predicted molar refractivity (Wildman–Crippen MR) is 41.6 cm³/mol. The molecular formula is C6H10N4O2. The van der Waals surface area contributed by atoms with Crippen molar-refractivity contribution in [3.8, 4) is 0 Å². The Hall–Kier alpha value is -1.26. The lowest BCUT2D eigenvalue weighted by Crippen LogP contribution is -2.40. The van der Waals surface area contributed by atoms with Crippen LogP contribution >= 0.6 is 0 Å². The topological polar surface area (TPSA) is 98.1 Å². The van der Waals surface area contributed by atoms with E-state index < -0.39 is 11.5 Å². The zero-order valence-electron chi connectivity index (χ0n) is 6.53. The van der Waals surface area contributed by atoms with Gasteiger partial charge in [-0.25, -0.2) is 0 Å². The zero-order chi connectivity index (χ0) is 9.03. The second-order valence-electron chi connectivity index (χ2n) is 2.77. The summed E-state index contributed by atoms with van der Waals surface area (Å²) >= 11 is 0. The smallest absolute Gasteiger partial charge is 0.323 e. The van der Waals surface area contributed by atoms with E-state index in [9.17, 15) is 4.79 Å². The average molecular weight is 170 g/mol. The molecule has 0 spiro atoms. The molecule has 0 aromatic rings. The first-order chi connectivity index (χ1) is 5.71. The number of rotatable bonds is 5. The summed E-state index contributed by atoms with van der Waals surface area (Å²) in [6.07, 6.45) is 1.33. The average Bonchev–Trinajstić information content (AvgIpc) is 2.79. The van der Waals surface area contributed by atoms with Crippen LogP contribution in [-0.4, -0.2) is 29.7 Å². The van der Waals surface area contributed by atoms with Gasteiger partial charge in [0.05, 0.1) is 0 Å². The lowest BCUT2D eigenvalue weighted by molar-refractivity contribution is -0.140. The monoisotopic (exact) mass is 170 g/mol. The maximum Gasteiger partial charge on any atom is 0.323 e. The van der Waals surface area contributed by atoms with E-state index in [1.165, 1.54) is 0 Å². The molecule has 0 aromatic carbocycles. The van der Waals surface area contributed by atoms with Gasteiger partial charge in [0.25, 0.3) is 0 Å². The third kappa shape index (κ3) is 1.87. The van der Waals surface area contributed by atoms with Crippen molar-refractivity contribution in [1.29, 1.82) is 0 Å². The van der Waals surface area contributed by atoms with E-state index >= 15 is 0 Å². The number of carboxylic acids is 1. The number of aliphatic carboxylic acids is 1. The van der Waals surface area contributed by atoms with Gasteiger partial charge < -0.3 is 10.4 Å². The summed E-state index contributed by atoms with van der Waals surface area (Å²) in [6.45, 7) is 0.724. The molecule has 66 valence electrons. The van der Waals surface area contributed by atoms with Crippen molar-refractivity contribution in [2.24, 2.45) is 5.11 Å². The molecular weight excluding hydrogens is 160 g/mol. The lowest BCUT2D eigenvalue weighted by atomic mass is 10.3. The van der Waals surface area contributed by atoms with Crippen molar-refractivity contribution < 1.29 is 9.90 Å². The van der Waals surface area contributed by atoms with Crippen LogP contribution in [0.15, 0.2) is 5.11 Å². The maximum atomic E-state index is 10.6. The van der Waals surface area contributed by atoms with E-state index in [0.717, 1.165) is 0 Å². The highest BCUT2D eigenvalue weighted by atomic mass is 16.4. The second kappa shape index (κ2) is 3.42. The summed E-state index contributed by atoms with van der Waals surface area (Å²) in [7, 11) is 0. The van der Waals surface area contributed by atoms with Crippen LogP contribution in [0.4, 0.5) is 0 Å². The Morgan fingerprint density at radius 3 is 2.83 bits per heavy atom. The van der Waals surface area contributed by atoms with Gasteiger partial charge in [0, 0.05) is 18.0 Å². The first-order valence-electron chi connectivity index (χ1n) is 3.70. The van der Waals surface area contributed by atoms with Gasteiger partial charge in [-0.3, -0.25) is 4.79 Å². The Labute approximate surface area is 69.2 Å². The van der Waals surface area contributed by atoms with Gasteiger partial charge in [0.15, 0.2) is 0 Å². The van der Waals surface area contributed by atoms with Gasteiger partial charge >= 0.3 is 5.97 Å². The number of azide groups is 1. The Kier molecular flexibility index (Phi) is 2.52. The van der Waals surface area contributed by atoms with Gasteiger partial charge in [-0.2, -0.15) is 0 Å². The SMILES string of the molecule is [N-]=[N+]=NCCNC1(C(=O)O)CC1. The van der Waals surface area contributed by atoms with Crippen LogP contribution in [0.3, 0.4) is 0 Å². The maximum absolute atomic E-state index is 10.6. The van der Waals surface area contributed by atoms with Gasteiger partial charge in [-0.15, -0.1) is 0 Å². The molecule has 0 atom stereocenters. The Morgan fingerprint density at radius 1 is 1.75 bits per heavy atom. The Balaban J connectivity index is 2.23. The summed E-state index contributed by atoms with van der Waals surface area (Å²) in [6, 6.07) is 0. The van der Waals surface area contributed by atoms with Crippen molar-refractivity contribution in [2.75, 3.05) is 13.1 Å². The van der Waals surface area contributed by atoms with Crippen molar-refractivity contribution in [2.45, 2.75) is 18.4 Å². The Morgan fingerprint density at radius 2 is 2.42 bits per heavy atom. The van der Waals surface area contributed by atoms with E-state index in [-0.39, 0.29) is 0 Å². The number of carboxylic acid groups (broad SMARTS) is 1. The highest BCUT2D eigenvalue weighted by Crippen LogP contribution is 2.35. The normalized spacial score (nSPS) is 18.0. The number of carbonyl (C=O) groups is 1. The molecule has 0 heterocycles. The molecule has 6 nitrogen and oxygen atoms in total. The highest BCUT2D eigenvalue weighted by molar-refractivity contribution is 5.82. The zero-order valence-corrected chi connectivity index (χ0v) is 6.53. The second-order valence-corrected chi connectivity index (χ2v) is 2.77. The summed E-state index contributed by atoms with van der Waals surface area (Å²) in [5.41, 5.74) is 7.22. The van der Waals surface area contributed by atoms with E-state index in [4.69, 9.17) is 10.6 Å². The van der Waals surface area contributed by atoms with Gasteiger partial charge in [-0.1, -0.05) is 5.11 Å². The summed E-state index contributed by atoms with van der Waals surface area (Å²) < 4.78 is 0. The first kappa shape index (κ1) is 8.83. The number of hydrogen-bond acceptors (Lipinski definition) is 3. The molecule has 0 aliphatic heterocycles. The molecule has 0 amide bonds. The fourth-order valence-corrected chi connectivity index (χ4v) is 0.981. The van der Waals surface area contributed by atoms with E-state index in [0.29, 0.717) is 25.9 Å². The molecule has 12 heavy (non-hydrogen) atoms. The van der Waals surface area contributed by atoms with E-state index in [1.54, 1.807) is 0 Å². The highest BCUT2D eigenvalue weighted by Gasteiger charge is 2.49. The molecule has 1 aliphatic rings. The molecule has 0 unspecified atom stereocenters. The standard InChI is InChI=1S/C6H10N4O2/c7-10-9-4-3-8-6(1-2-6)5(11)12/h8H,1-4H2,(H,11,12). The molecule has 0 bridgehead atoms. The van der Waals surface area contributed by atoms with E-state index in [1.807, 2.05) is 0 Å². The summed E-state index contributed by atoms with van der Waals surface area (Å²) in [5.74, 6) is -0.816. The van der Waals surface area contributed by atoms with Crippen molar-refractivity contribution in [3.05, 3.63) is 10.4 Å². The van der Waals surface area contributed by atoms with Crippen LogP contribution in [0.1, 0.15) is 12.8 Å². The molecule has 2 N–H and O–H groups in total. The largest absolute Gasteiger partial charge is 0.480 e. The third-order valence-corrected chi connectivity index (χ3v) is 1.90. The molecule has 0 saturated heterocycles. The van der Waals surface area contributed by atoms with Crippen molar-refractivity contribution in [3.63, 3.8) is 0 Å². The fraction of sp³-hybridized carbons (Fsp3) is 0.833. The summed E-state index contributed by atoms with van der Waals surface area (Å²) in [4.78, 5) is 13.1. The fourth-order valence-electron chi connectivity index (χ4n) is 0.981. The van der Waals surface area contributed by atoms with Crippen LogP contribution < -0.4 is 5.32 Å². The predicted octanol–water partition coefficient (Wildman–Crippen LogP) is 0.503.